The summed E-state index contributed by atoms with van der Waals surface area (Å²) in [6, 6.07) is 7.92. The first-order valence-corrected chi connectivity index (χ1v) is 8.00. The van der Waals surface area contributed by atoms with Crippen LogP contribution in [0.3, 0.4) is 0 Å². The van der Waals surface area contributed by atoms with Gasteiger partial charge in [-0.2, -0.15) is 0 Å². The standard InChI is InChI=1S/C12H10Br2N2S2/c13-9-3-4-18-11(9)6-16-7-1-2-8(12(15)17)10(14)5-7/h1-5,16H,6H2,(H2,15,17). The van der Waals surface area contributed by atoms with E-state index < -0.39 is 0 Å². The molecule has 0 saturated carbocycles. The molecule has 3 N–H and O–H groups in total. The van der Waals surface area contributed by atoms with Gasteiger partial charge in [0.05, 0.1) is 6.54 Å². The van der Waals surface area contributed by atoms with Gasteiger partial charge >= 0.3 is 0 Å². The second-order valence-corrected chi connectivity index (χ2v) is 6.75. The number of hydrogen-bond donors (Lipinski definition) is 2. The highest BCUT2D eigenvalue weighted by molar-refractivity contribution is 9.10. The van der Waals surface area contributed by atoms with Crippen LogP contribution < -0.4 is 11.1 Å². The van der Waals surface area contributed by atoms with Crippen LogP contribution in [0.2, 0.25) is 0 Å². The van der Waals surface area contributed by atoms with E-state index in [1.54, 1.807) is 11.3 Å². The molecular weight excluding hydrogens is 396 g/mol. The van der Waals surface area contributed by atoms with Crippen molar-refractivity contribution >= 4 is 66.1 Å². The van der Waals surface area contributed by atoms with Crippen LogP contribution >= 0.6 is 55.4 Å². The van der Waals surface area contributed by atoms with Crippen molar-refractivity contribution in [3.05, 3.63) is 49.0 Å². The van der Waals surface area contributed by atoms with Gasteiger partial charge in [0.1, 0.15) is 4.99 Å². The highest BCUT2D eigenvalue weighted by atomic mass is 79.9. The minimum Gasteiger partial charge on any atom is -0.389 e. The van der Waals surface area contributed by atoms with Crippen molar-refractivity contribution < 1.29 is 0 Å². The molecule has 0 aliphatic heterocycles. The molecule has 0 unspecified atom stereocenters. The number of rotatable bonds is 4. The Labute approximate surface area is 132 Å². The number of hydrogen-bond acceptors (Lipinski definition) is 3. The summed E-state index contributed by atoms with van der Waals surface area (Å²) in [4.78, 5) is 1.67. The number of nitrogens with two attached hydrogens (primary N) is 1. The maximum atomic E-state index is 5.61. The molecule has 6 heteroatoms. The lowest BCUT2D eigenvalue weighted by Crippen LogP contribution is -2.10. The summed E-state index contributed by atoms with van der Waals surface area (Å²) >= 11 is 13.7. The summed E-state index contributed by atoms with van der Waals surface area (Å²) in [6.45, 7) is 0.789. The topological polar surface area (TPSA) is 38.0 Å². The first-order chi connectivity index (χ1) is 8.58. The number of halogens is 2. The number of thiophene rings is 1. The number of anilines is 1. The highest BCUT2D eigenvalue weighted by Gasteiger charge is 2.05. The molecule has 0 aliphatic rings. The van der Waals surface area contributed by atoms with E-state index in [9.17, 15) is 0 Å². The Hall–Kier alpha value is -0.430. The zero-order valence-electron chi connectivity index (χ0n) is 9.24. The van der Waals surface area contributed by atoms with Gasteiger partial charge in [-0.1, -0.05) is 12.2 Å². The van der Waals surface area contributed by atoms with Crippen LogP contribution in [0.15, 0.2) is 38.6 Å². The second kappa shape index (κ2) is 6.14. The summed E-state index contributed by atoms with van der Waals surface area (Å²) in [6.07, 6.45) is 0. The van der Waals surface area contributed by atoms with E-state index in [1.807, 2.05) is 24.3 Å². The lowest BCUT2D eigenvalue weighted by Gasteiger charge is -2.08. The van der Waals surface area contributed by atoms with Crippen molar-refractivity contribution in [2.24, 2.45) is 5.73 Å². The Morgan fingerprint density at radius 3 is 2.61 bits per heavy atom. The largest absolute Gasteiger partial charge is 0.389 e. The fraction of sp³-hybridized carbons (Fsp3) is 0.0833. The first-order valence-electron chi connectivity index (χ1n) is 5.13. The predicted octanol–water partition coefficient (Wildman–Crippen LogP) is 4.52. The fourth-order valence-electron chi connectivity index (χ4n) is 1.46. The third-order valence-corrected chi connectivity index (χ3v) is 5.18. The Bertz CT molecular complexity index is 581. The van der Waals surface area contributed by atoms with E-state index in [0.717, 1.165) is 26.7 Å². The molecule has 94 valence electrons. The van der Waals surface area contributed by atoms with Crippen molar-refractivity contribution in [2.45, 2.75) is 6.54 Å². The Kier molecular flexibility index (Phi) is 4.77. The van der Waals surface area contributed by atoms with Crippen molar-refractivity contribution in [2.75, 3.05) is 5.32 Å². The second-order valence-electron chi connectivity index (χ2n) is 3.60. The van der Waals surface area contributed by atoms with E-state index in [2.05, 4.69) is 42.6 Å². The molecule has 0 atom stereocenters. The van der Waals surface area contributed by atoms with Crippen LogP contribution in [0.1, 0.15) is 10.4 Å². The maximum absolute atomic E-state index is 5.61. The number of benzene rings is 1. The van der Waals surface area contributed by atoms with Crippen molar-refractivity contribution in [3.8, 4) is 0 Å². The molecule has 0 bridgehead atoms. The van der Waals surface area contributed by atoms with Crippen LogP contribution in [-0.2, 0) is 6.54 Å². The SMILES string of the molecule is NC(=S)c1ccc(NCc2sccc2Br)cc1Br. The van der Waals surface area contributed by atoms with Crippen molar-refractivity contribution in [1.29, 1.82) is 0 Å². The predicted molar refractivity (Wildman–Crippen MR) is 89.4 cm³/mol. The Balaban J connectivity index is 2.09. The lowest BCUT2D eigenvalue weighted by molar-refractivity contribution is 1.18. The summed E-state index contributed by atoms with van der Waals surface area (Å²) in [5, 5.41) is 5.42. The van der Waals surface area contributed by atoms with Gasteiger partial charge in [-0.25, -0.2) is 0 Å². The molecule has 18 heavy (non-hydrogen) atoms. The highest BCUT2D eigenvalue weighted by Crippen LogP contribution is 2.25. The average molecular weight is 406 g/mol. The Morgan fingerprint density at radius 2 is 2.06 bits per heavy atom. The van der Waals surface area contributed by atoms with Gasteiger partial charge in [-0.15, -0.1) is 11.3 Å². The van der Waals surface area contributed by atoms with E-state index in [0.29, 0.717) is 4.99 Å². The molecule has 0 spiro atoms. The molecule has 1 aromatic carbocycles. The number of nitrogens with one attached hydrogen (secondary N) is 1. The molecule has 0 amide bonds. The number of thiocarbonyl (C=S) groups is 1. The van der Waals surface area contributed by atoms with Gasteiger partial charge in [-0.05, 0) is 61.5 Å². The van der Waals surface area contributed by atoms with Crippen LogP contribution in [0.25, 0.3) is 0 Å². The van der Waals surface area contributed by atoms with Gasteiger partial charge in [-0.3, -0.25) is 0 Å². The van der Waals surface area contributed by atoms with Gasteiger partial charge < -0.3 is 11.1 Å². The molecule has 0 saturated heterocycles. The molecule has 1 aromatic heterocycles. The van der Waals surface area contributed by atoms with E-state index >= 15 is 0 Å². The van der Waals surface area contributed by atoms with Gasteiger partial charge in [0.2, 0.25) is 0 Å². The summed E-state index contributed by atoms with van der Waals surface area (Å²) in [5.41, 5.74) is 7.50. The van der Waals surface area contributed by atoms with Crippen molar-refractivity contribution in [3.63, 3.8) is 0 Å². The molecular formula is C12H10Br2N2S2. The first kappa shape index (κ1) is 14.0. The molecule has 1 heterocycles. The molecule has 2 rings (SSSR count). The van der Waals surface area contributed by atoms with E-state index in [4.69, 9.17) is 18.0 Å². The average Bonchev–Trinajstić information content (AvgIpc) is 2.72. The zero-order chi connectivity index (χ0) is 13.1. The fourth-order valence-corrected chi connectivity index (χ4v) is 3.79. The monoisotopic (exact) mass is 404 g/mol. The normalized spacial score (nSPS) is 10.3. The third kappa shape index (κ3) is 3.32. The molecule has 2 nitrogen and oxygen atoms in total. The van der Waals surface area contributed by atoms with Gasteiger partial charge in [0, 0.05) is 25.1 Å². The van der Waals surface area contributed by atoms with Crippen LogP contribution in [-0.4, -0.2) is 4.99 Å². The zero-order valence-corrected chi connectivity index (χ0v) is 14.0. The maximum Gasteiger partial charge on any atom is 0.105 e. The smallest absolute Gasteiger partial charge is 0.105 e. The van der Waals surface area contributed by atoms with Crippen LogP contribution in [0.5, 0.6) is 0 Å². The minimum absolute atomic E-state index is 0.398. The molecule has 0 aliphatic carbocycles. The minimum atomic E-state index is 0.398. The lowest BCUT2D eigenvalue weighted by atomic mass is 10.2. The molecule has 0 fully saturated rings. The van der Waals surface area contributed by atoms with Gasteiger partial charge in [0.25, 0.3) is 0 Å². The third-order valence-electron chi connectivity index (χ3n) is 2.38. The summed E-state index contributed by atoms with van der Waals surface area (Å²) in [7, 11) is 0. The van der Waals surface area contributed by atoms with Crippen LogP contribution in [0, 0.1) is 0 Å². The van der Waals surface area contributed by atoms with Gasteiger partial charge in [0.15, 0.2) is 0 Å². The Morgan fingerprint density at radius 1 is 1.28 bits per heavy atom. The quantitative estimate of drug-likeness (QED) is 0.734. The van der Waals surface area contributed by atoms with E-state index in [-0.39, 0.29) is 0 Å². The van der Waals surface area contributed by atoms with E-state index in [1.165, 1.54) is 4.88 Å². The van der Waals surface area contributed by atoms with Crippen LogP contribution in [0.4, 0.5) is 5.69 Å². The summed E-state index contributed by atoms with van der Waals surface area (Å²) in [5.74, 6) is 0. The molecule has 0 radical (unpaired) electrons. The molecule has 2 aromatic rings. The summed E-state index contributed by atoms with van der Waals surface area (Å²) < 4.78 is 2.05. The van der Waals surface area contributed by atoms with Crippen molar-refractivity contribution in [1.82, 2.24) is 0 Å².